The second-order valence-corrected chi connectivity index (χ2v) is 3.50. The molecule has 0 aliphatic heterocycles. The number of rotatable bonds is 4. The summed E-state index contributed by atoms with van der Waals surface area (Å²) in [5.41, 5.74) is 0. The Kier molecular flexibility index (Phi) is 5.46. The van der Waals surface area contributed by atoms with Gasteiger partial charge in [-0.3, -0.25) is 0 Å². The van der Waals surface area contributed by atoms with Gasteiger partial charge in [0.1, 0.15) is 0 Å². The number of aliphatic hydroxyl groups excluding tert-OH is 1. The Morgan fingerprint density at radius 1 is 1.54 bits per heavy atom. The zero-order valence-electron chi connectivity index (χ0n) is 8.87. The van der Waals surface area contributed by atoms with Crippen LogP contribution in [0.3, 0.4) is 0 Å². The molecule has 1 atom stereocenters. The van der Waals surface area contributed by atoms with E-state index in [1.54, 1.807) is 11.9 Å². The van der Waals surface area contributed by atoms with Crippen molar-refractivity contribution in [1.82, 2.24) is 10.2 Å². The first-order valence-electron chi connectivity index (χ1n) is 4.65. The number of hydrogen-bond acceptors (Lipinski definition) is 2. The summed E-state index contributed by atoms with van der Waals surface area (Å²) in [4.78, 5) is 12.9. The minimum absolute atomic E-state index is 0.0129. The summed E-state index contributed by atoms with van der Waals surface area (Å²) >= 11 is 0. The molecule has 0 aromatic heterocycles. The molecule has 0 fully saturated rings. The highest BCUT2D eigenvalue weighted by molar-refractivity contribution is 5.74. The third-order valence-corrected chi connectivity index (χ3v) is 2.13. The molecule has 0 aliphatic carbocycles. The van der Waals surface area contributed by atoms with Crippen molar-refractivity contribution in [2.45, 2.75) is 26.8 Å². The lowest BCUT2D eigenvalue weighted by Gasteiger charge is -2.23. The van der Waals surface area contributed by atoms with E-state index < -0.39 is 0 Å². The van der Waals surface area contributed by atoms with Crippen molar-refractivity contribution in [3.05, 3.63) is 0 Å². The van der Waals surface area contributed by atoms with Crippen LogP contribution in [0.5, 0.6) is 0 Å². The number of urea groups is 1. The predicted octanol–water partition coefficient (Wildman–Crippen LogP) is 0.665. The summed E-state index contributed by atoms with van der Waals surface area (Å²) < 4.78 is 0. The second-order valence-electron chi connectivity index (χ2n) is 3.50. The Labute approximate surface area is 79.9 Å². The summed E-state index contributed by atoms with van der Waals surface area (Å²) in [6.45, 7) is 6.49. The number of carbonyl (C=O) groups excluding carboxylic acids is 1. The molecule has 78 valence electrons. The topological polar surface area (TPSA) is 52.6 Å². The molecular weight excluding hydrogens is 168 g/mol. The number of nitrogens with zero attached hydrogens (tertiary/aromatic N) is 1. The first kappa shape index (κ1) is 12.2. The van der Waals surface area contributed by atoms with Crippen LogP contribution in [-0.4, -0.2) is 42.3 Å². The van der Waals surface area contributed by atoms with E-state index in [2.05, 4.69) is 5.32 Å². The summed E-state index contributed by atoms with van der Waals surface area (Å²) in [6, 6.07) is -0.281. The van der Waals surface area contributed by atoms with Crippen molar-refractivity contribution < 1.29 is 9.90 Å². The van der Waals surface area contributed by atoms with Crippen molar-refractivity contribution in [3.63, 3.8) is 0 Å². The third-order valence-electron chi connectivity index (χ3n) is 2.13. The van der Waals surface area contributed by atoms with Gasteiger partial charge in [0.05, 0.1) is 12.6 Å². The Balaban J connectivity index is 4.01. The molecule has 2 amide bonds. The number of nitrogens with one attached hydrogen (secondary N) is 1. The van der Waals surface area contributed by atoms with Gasteiger partial charge in [0, 0.05) is 13.6 Å². The SMILES string of the molecule is CCN(C)C(=O)N[C@H](CO)C(C)C. The fourth-order valence-electron chi connectivity index (χ4n) is 0.836. The first-order chi connectivity index (χ1) is 6.02. The summed E-state index contributed by atoms with van der Waals surface area (Å²) in [7, 11) is 1.73. The summed E-state index contributed by atoms with van der Waals surface area (Å²) in [6.07, 6.45) is 0. The van der Waals surface area contributed by atoms with Crippen molar-refractivity contribution >= 4 is 6.03 Å². The highest BCUT2D eigenvalue weighted by Gasteiger charge is 2.16. The average Bonchev–Trinajstić information content (AvgIpc) is 2.11. The van der Waals surface area contributed by atoms with Crippen molar-refractivity contribution in [3.8, 4) is 0 Å². The lowest BCUT2D eigenvalue weighted by atomic mass is 10.1. The Hall–Kier alpha value is -0.770. The van der Waals surface area contributed by atoms with Crippen molar-refractivity contribution in [1.29, 1.82) is 0 Å². The van der Waals surface area contributed by atoms with E-state index in [1.807, 2.05) is 20.8 Å². The summed E-state index contributed by atoms with van der Waals surface area (Å²) in [5, 5.41) is 11.7. The number of carbonyl (C=O) groups is 1. The number of aliphatic hydroxyl groups is 1. The van der Waals surface area contributed by atoms with E-state index in [9.17, 15) is 4.79 Å². The minimum Gasteiger partial charge on any atom is -0.394 e. The van der Waals surface area contributed by atoms with Gasteiger partial charge >= 0.3 is 6.03 Å². The molecule has 0 aromatic rings. The van der Waals surface area contributed by atoms with Crippen LogP contribution in [0.1, 0.15) is 20.8 Å². The molecule has 13 heavy (non-hydrogen) atoms. The molecule has 0 heterocycles. The highest BCUT2D eigenvalue weighted by Crippen LogP contribution is 2.00. The van der Waals surface area contributed by atoms with Crippen LogP contribution in [0.25, 0.3) is 0 Å². The molecule has 0 saturated heterocycles. The molecular formula is C9H20N2O2. The lowest BCUT2D eigenvalue weighted by molar-refractivity contribution is 0.179. The maximum atomic E-state index is 11.4. The van der Waals surface area contributed by atoms with E-state index in [0.29, 0.717) is 6.54 Å². The molecule has 0 aliphatic rings. The maximum absolute atomic E-state index is 11.4. The molecule has 0 rings (SSSR count). The highest BCUT2D eigenvalue weighted by atomic mass is 16.3. The fraction of sp³-hybridized carbons (Fsp3) is 0.889. The zero-order valence-corrected chi connectivity index (χ0v) is 8.87. The average molecular weight is 188 g/mol. The van der Waals surface area contributed by atoms with Crippen LogP contribution in [0.4, 0.5) is 4.79 Å². The normalized spacial score (nSPS) is 12.8. The summed E-state index contributed by atoms with van der Waals surface area (Å²) in [5.74, 6) is 0.249. The Morgan fingerprint density at radius 2 is 2.08 bits per heavy atom. The van der Waals surface area contributed by atoms with Crippen LogP contribution in [0, 0.1) is 5.92 Å². The molecule has 0 radical (unpaired) electrons. The first-order valence-corrected chi connectivity index (χ1v) is 4.65. The number of amides is 2. The maximum Gasteiger partial charge on any atom is 0.317 e. The molecule has 0 bridgehead atoms. The van der Waals surface area contributed by atoms with Gasteiger partial charge in [-0.05, 0) is 12.8 Å². The van der Waals surface area contributed by atoms with E-state index in [4.69, 9.17) is 5.11 Å². The fourth-order valence-corrected chi connectivity index (χ4v) is 0.836. The van der Waals surface area contributed by atoms with Gasteiger partial charge in [-0.25, -0.2) is 4.79 Å². The lowest BCUT2D eigenvalue weighted by Crippen LogP contribution is -2.46. The van der Waals surface area contributed by atoms with Gasteiger partial charge in [0.15, 0.2) is 0 Å². The molecule has 4 heteroatoms. The van der Waals surface area contributed by atoms with E-state index in [1.165, 1.54) is 0 Å². The number of hydrogen-bond donors (Lipinski definition) is 2. The van der Waals surface area contributed by atoms with Gasteiger partial charge in [-0.1, -0.05) is 13.8 Å². The molecule has 0 unspecified atom stereocenters. The Bertz CT molecular complexity index is 160. The van der Waals surface area contributed by atoms with E-state index in [0.717, 1.165) is 0 Å². The molecule has 0 saturated carbocycles. The second kappa shape index (κ2) is 5.80. The van der Waals surface area contributed by atoms with Crippen molar-refractivity contribution in [2.75, 3.05) is 20.2 Å². The van der Waals surface area contributed by atoms with Crippen LogP contribution in [0.2, 0.25) is 0 Å². The van der Waals surface area contributed by atoms with Gasteiger partial charge in [-0.2, -0.15) is 0 Å². The molecule has 2 N–H and O–H groups in total. The Morgan fingerprint density at radius 3 is 2.38 bits per heavy atom. The molecule has 0 aromatic carbocycles. The van der Waals surface area contributed by atoms with Gasteiger partial charge < -0.3 is 15.3 Å². The smallest absolute Gasteiger partial charge is 0.317 e. The van der Waals surface area contributed by atoms with E-state index >= 15 is 0 Å². The van der Waals surface area contributed by atoms with Gasteiger partial charge in [0.25, 0.3) is 0 Å². The van der Waals surface area contributed by atoms with Crippen molar-refractivity contribution in [2.24, 2.45) is 5.92 Å². The molecule has 4 nitrogen and oxygen atoms in total. The quantitative estimate of drug-likeness (QED) is 0.681. The monoisotopic (exact) mass is 188 g/mol. The van der Waals surface area contributed by atoms with Crippen LogP contribution >= 0.6 is 0 Å². The van der Waals surface area contributed by atoms with Crippen LogP contribution < -0.4 is 5.32 Å². The molecule has 0 spiro atoms. The standard InChI is InChI=1S/C9H20N2O2/c1-5-11(4)9(13)10-8(6-12)7(2)3/h7-8,12H,5-6H2,1-4H3,(H,10,13)/t8-/m1/s1. The zero-order chi connectivity index (χ0) is 10.4. The predicted molar refractivity (Wildman–Crippen MR) is 52.5 cm³/mol. The van der Waals surface area contributed by atoms with Gasteiger partial charge in [-0.15, -0.1) is 0 Å². The van der Waals surface area contributed by atoms with Crippen LogP contribution in [0.15, 0.2) is 0 Å². The van der Waals surface area contributed by atoms with Gasteiger partial charge in [0.2, 0.25) is 0 Å². The minimum atomic E-state index is -0.151. The van der Waals surface area contributed by atoms with Crippen LogP contribution in [-0.2, 0) is 0 Å². The van der Waals surface area contributed by atoms with E-state index in [-0.39, 0.29) is 24.6 Å². The largest absolute Gasteiger partial charge is 0.394 e. The third kappa shape index (κ3) is 4.12.